The number of carbonyl (C=O) groups is 2. The number of hydrogen-bond acceptors (Lipinski definition) is 6. The number of sulfonamides is 1. The molecule has 3 aromatic carbocycles. The second-order valence-corrected chi connectivity index (χ2v) is 13.0. The summed E-state index contributed by atoms with van der Waals surface area (Å²) in [5, 5.41) is 0. The predicted molar refractivity (Wildman–Crippen MR) is 173 cm³/mol. The van der Waals surface area contributed by atoms with Gasteiger partial charge in [-0.3, -0.25) is 9.69 Å². The number of benzene rings is 3. The standard InChI is InChI=1S/C36H36N2O6S/c1-6-43-36(40)34-27(5)38(29-15-9-25(3)10-16-29)35(39)33(34)21-30-17-18-31(44-30)23-37(22-28-13-7-24(2)8-14-28)45(41,42)32-19-11-26(4)12-20-32/h7-21H,6,22-23H2,1-5H3/b33-21+. The molecule has 9 heteroatoms. The molecule has 0 bridgehead atoms. The van der Waals surface area contributed by atoms with E-state index in [-0.39, 0.29) is 41.6 Å². The minimum absolute atomic E-state index is 0.0453. The first-order chi connectivity index (χ1) is 21.5. The summed E-state index contributed by atoms with van der Waals surface area (Å²) in [7, 11) is -3.89. The SMILES string of the molecule is CCOC(=O)C1=C(C)N(c2ccc(C)cc2)C(=O)/C1=C/c1ccc(CN(Cc2ccc(C)cc2)S(=O)(=O)c2ccc(C)cc2)o1. The summed E-state index contributed by atoms with van der Waals surface area (Å²) in [6, 6.07) is 25.2. The highest BCUT2D eigenvalue weighted by Gasteiger charge is 2.38. The molecule has 0 fully saturated rings. The zero-order valence-electron chi connectivity index (χ0n) is 26.0. The van der Waals surface area contributed by atoms with Crippen LogP contribution in [0.3, 0.4) is 0 Å². The number of furan rings is 1. The van der Waals surface area contributed by atoms with Gasteiger partial charge in [0, 0.05) is 17.9 Å². The average Bonchev–Trinajstić information content (AvgIpc) is 3.55. The smallest absolute Gasteiger partial charge is 0.340 e. The number of hydrogen-bond donors (Lipinski definition) is 0. The number of amides is 1. The Balaban J connectivity index is 1.48. The van der Waals surface area contributed by atoms with Crippen LogP contribution in [0.5, 0.6) is 0 Å². The van der Waals surface area contributed by atoms with Crippen LogP contribution in [-0.4, -0.2) is 31.2 Å². The molecule has 2 heterocycles. The van der Waals surface area contributed by atoms with Crippen LogP contribution in [0.1, 0.15) is 47.6 Å². The Bertz CT molecular complexity index is 1880. The Kier molecular flexibility index (Phi) is 9.22. The number of aryl methyl sites for hydroxylation is 3. The third kappa shape index (κ3) is 6.84. The first-order valence-corrected chi connectivity index (χ1v) is 16.1. The molecule has 0 saturated carbocycles. The second kappa shape index (κ2) is 13.1. The van der Waals surface area contributed by atoms with Crippen LogP contribution in [0.15, 0.2) is 111 Å². The fourth-order valence-electron chi connectivity index (χ4n) is 5.14. The van der Waals surface area contributed by atoms with Gasteiger partial charge in [0.25, 0.3) is 5.91 Å². The fourth-order valence-corrected chi connectivity index (χ4v) is 6.54. The Hall–Kier alpha value is -4.73. The molecule has 0 unspecified atom stereocenters. The highest BCUT2D eigenvalue weighted by molar-refractivity contribution is 7.89. The fraction of sp³-hybridized carbons (Fsp3) is 0.222. The van der Waals surface area contributed by atoms with Crippen LogP contribution in [0.2, 0.25) is 0 Å². The summed E-state index contributed by atoms with van der Waals surface area (Å²) >= 11 is 0. The molecule has 1 aliphatic rings. The van der Waals surface area contributed by atoms with Crippen LogP contribution in [0, 0.1) is 20.8 Å². The predicted octanol–water partition coefficient (Wildman–Crippen LogP) is 6.86. The van der Waals surface area contributed by atoms with Crippen molar-refractivity contribution in [3.8, 4) is 0 Å². The highest BCUT2D eigenvalue weighted by atomic mass is 32.2. The number of carbonyl (C=O) groups excluding carboxylic acids is 2. The Morgan fingerprint density at radius 1 is 0.822 bits per heavy atom. The summed E-state index contributed by atoms with van der Waals surface area (Å²) in [6.07, 6.45) is 1.51. The van der Waals surface area contributed by atoms with Gasteiger partial charge in [0.1, 0.15) is 11.5 Å². The van der Waals surface area contributed by atoms with E-state index in [1.54, 1.807) is 50.2 Å². The molecule has 0 N–H and O–H groups in total. The third-order valence-electron chi connectivity index (χ3n) is 7.61. The van der Waals surface area contributed by atoms with E-state index in [1.807, 2.05) is 69.3 Å². The maximum Gasteiger partial charge on any atom is 0.340 e. The molecule has 232 valence electrons. The van der Waals surface area contributed by atoms with Crippen molar-refractivity contribution >= 4 is 33.7 Å². The first kappa shape index (κ1) is 31.7. The Morgan fingerprint density at radius 3 is 2.00 bits per heavy atom. The maximum absolute atomic E-state index is 13.8. The summed E-state index contributed by atoms with van der Waals surface area (Å²) in [5.41, 5.74) is 5.27. The number of rotatable bonds is 10. The van der Waals surface area contributed by atoms with Gasteiger partial charge in [0.05, 0.1) is 29.2 Å². The zero-order valence-corrected chi connectivity index (χ0v) is 26.9. The average molecular weight is 625 g/mol. The van der Waals surface area contributed by atoms with E-state index >= 15 is 0 Å². The monoisotopic (exact) mass is 624 g/mol. The van der Waals surface area contributed by atoms with Gasteiger partial charge in [0.15, 0.2) is 0 Å². The van der Waals surface area contributed by atoms with E-state index in [9.17, 15) is 18.0 Å². The number of allylic oxidation sites excluding steroid dienone is 1. The molecule has 0 radical (unpaired) electrons. The molecular weight excluding hydrogens is 588 g/mol. The maximum atomic E-state index is 13.8. The number of nitrogens with zero attached hydrogens (tertiary/aromatic N) is 2. The van der Waals surface area contributed by atoms with Gasteiger partial charge in [0.2, 0.25) is 10.0 Å². The van der Waals surface area contributed by atoms with Crippen molar-refractivity contribution in [2.75, 3.05) is 11.5 Å². The van der Waals surface area contributed by atoms with Gasteiger partial charge in [-0.2, -0.15) is 4.31 Å². The quantitative estimate of drug-likeness (QED) is 0.141. The first-order valence-electron chi connectivity index (χ1n) is 14.7. The van der Waals surface area contributed by atoms with Crippen molar-refractivity contribution in [1.82, 2.24) is 4.31 Å². The molecule has 1 amide bonds. The lowest BCUT2D eigenvalue weighted by Gasteiger charge is -2.21. The molecule has 4 aromatic rings. The van der Waals surface area contributed by atoms with Gasteiger partial charge in [-0.05, 0) is 82.7 Å². The van der Waals surface area contributed by atoms with Crippen molar-refractivity contribution in [3.05, 3.63) is 136 Å². The summed E-state index contributed by atoms with van der Waals surface area (Å²) in [6.45, 7) is 9.48. The number of esters is 1. The highest BCUT2D eigenvalue weighted by Crippen LogP contribution is 2.36. The van der Waals surface area contributed by atoms with Crippen LogP contribution < -0.4 is 4.90 Å². The number of anilines is 1. The van der Waals surface area contributed by atoms with Crippen LogP contribution in [0.25, 0.3) is 6.08 Å². The summed E-state index contributed by atoms with van der Waals surface area (Å²) in [4.78, 5) is 28.4. The molecule has 0 aliphatic carbocycles. The normalized spacial score (nSPS) is 14.6. The molecule has 1 aliphatic heterocycles. The van der Waals surface area contributed by atoms with Crippen molar-refractivity contribution in [2.45, 2.75) is 52.6 Å². The third-order valence-corrected chi connectivity index (χ3v) is 9.42. The van der Waals surface area contributed by atoms with E-state index in [4.69, 9.17) is 9.15 Å². The van der Waals surface area contributed by atoms with Crippen molar-refractivity contribution in [2.24, 2.45) is 0 Å². The van der Waals surface area contributed by atoms with Gasteiger partial charge in [-0.25, -0.2) is 13.2 Å². The van der Waals surface area contributed by atoms with Crippen LogP contribution in [0.4, 0.5) is 5.69 Å². The lowest BCUT2D eigenvalue weighted by molar-refractivity contribution is -0.138. The Morgan fingerprint density at radius 2 is 1.40 bits per heavy atom. The van der Waals surface area contributed by atoms with Crippen molar-refractivity contribution in [3.63, 3.8) is 0 Å². The molecule has 0 spiro atoms. The van der Waals surface area contributed by atoms with Gasteiger partial charge >= 0.3 is 5.97 Å². The van der Waals surface area contributed by atoms with E-state index in [0.717, 1.165) is 22.3 Å². The lowest BCUT2D eigenvalue weighted by Crippen LogP contribution is -2.30. The molecule has 1 aromatic heterocycles. The summed E-state index contributed by atoms with van der Waals surface area (Å²) < 4.78 is 40.4. The zero-order chi connectivity index (χ0) is 32.3. The molecule has 45 heavy (non-hydrogen) atoms. The molecule has 0 saturated heterocycles. The molecular formula is C36H36N2O6S. The van der Waals surface area contributed by atoms with Crippen molar-refractivity contribution in [1.29, 1.82) is 0 Å². The minimum atomic E-state index is -3.89. The van der Waals surface area contributed by atoms with E-state index in [1.165, 1.54) is 15.3 Å². The van der Waals surface area contributed by atoms with Crippen LogP contribution in [-0.2, 0) is 37.4 Å². The molecule has 5 rings (SSSR count). The summed E-state index contributed by atoms with van der Waals surface area (Å²) in [5.74, 6) is -0.314. The van der Waals surface area contributed by atoms with Crippen LogP contribution >= 0.6 is 0 Å². The van der Waals surface area contributed by atoms with E-state index in [0.29, 0.717) is 22.9 Å². The Labute approximate surface area is 264 Å². The minimum Gasteiger partial charge on any atom is -0.462 e. The van der Waals surface area contributed by atoms with Gasteiger partial charge < -0.3 is 9.15 Å². The topological polar surface area (TPSA) is 97.1 Å². The van der Waals surface area contributed by atoms with E-state index < -0.39 is 16.0 Å². The lowest BCUT2D eigenvalue weighted by atomic mass is 10.1. The largest absolute Gasteiger partial charge is 0.462 e. The second-order valence-electron chi connectivity index (χ2n) is 11.1. The molecule has 8 nitrogen and oxygen atoms in total. The molecule has 0 atom stereocenters. The number of ether oxygens (including phenoxy) is 1. The van der Waals surface area contributed by atoms with Gasteiger partial charge in [-0.1, -0.05) is 65.2 Å². The van der Waals surface area contributed by atoms with E-state index in [2.05, 4.69) is 0 Å². The van der Waals surface area contributed by atoms with Gasteiger partial charge in [-0.15, -0.1) is 0 Å². The van der Waals surface area contributed by atoms with Crippen molar-refractivity contribution < 1.29 is 27.2 Å².